The minimum absolute atomic E-state index is 0.0765. The number of carbonyl (C=O) groups is 2. The molecule has 0 saturated heterocycles. The molecule has 2 aromatic heterocycles. The van der Waals surface area contributed by atoms with E-state index in [1.165, 1.54) is 7.11 Å². The molecule has 1 aliphatic heterocycles. The number of H-pyrrole nitrogens is 1. The van der Waals surface area contributed by atoms with Gasteiger partial charge in [-0.3, -0.25) is 19.4 Å². The van der Waals surface area contributed by atoms with Crippen LogP contribution in [0, 0.1) is 11.3 Å². The number of rotatable bonds is 3. The molecule has 3 aromatic rings. The zero-order chi connectivity index (χ0) is 20.0. The van der Waals surface area contributed by atoms with Crippen LogP contribution in [0.4, 0.5) is 5.95 Å². The molecule has 0 aliphatic carbocycles. The molecular weight excluding hydrogens is 362 g/mol. The van der Waals surface area contributed by atoms with E-state index in [1.54, 1.807) is 18.3 Å². The van der Waals surface area contributed by atoms with Gasteiger partial charge in [-0.15, -0.1) is 0 Å². The van der Waals surface area contributed by atoms with E-state index in [1.807, 2.05) is 23.8 Å². The average molecular weight is 375 g/mol. The second-order valence-electron chi connectivity index (χ2n) is 6.11. The quantitative estimate of drug-likeness (QED) is 0.688. The van der Waals surface area contributed by atoms with Crippen LogP contribution in [0.25, 0.3) is 22.2 Å². The van der Waals surface area contributed by atoms with Crippen LogP contribution < -0.4 is 15.2 Å². The monoisotopic (exact) mass is 375 g/mol. The maximum Gasteiger partial charge on any atom is 0.270 e. The summed E-state index contributed by atoms with van der Waals surface area (Å²) in [6.07, 6.45) is 3.90. The summed E-state index contributed by atoms with van der Waals surface area (Å²) in [7, 11) is 3.35. The molecule has 0 unspecified atom stereocenters. The van der Waals surface area contributed by atoms with Gasteiger partial charge in [-0.05, 0) is 18.2 Å². The van der Waals surface area contributed by atoms with Crippen LogP contribution in [0.15, 0.2) is 41.3 Å². The van der Waals surface area contributed by atoms with Crippen molar-refractivity contribution in [2.45, 2.75) is 0 Å². The summed E-state index contributed by atoms with van der Waals surface area (Å²) in [5.74, 6) is -0.886. The highest BCUT2D eigenvalue weighted by Crippen LogP contribution is 2.33. The normalized spacial score (nSPS) is 13.4. The van der Waals surface area contributed by atoms with Crippen molar-refractivity contribution in [3.8, 4) is 23.1 Å². The lowest BCUT2D eigenvalue weighted by atomic mass is 10.1. The van der Waals surface area contributed by atoms with Crippen molar-refractivity contribution in [3.63, 3.8) is 0 Å². The van der Waals surface area contributed by atoms with Crippen LogP contribution in [0.1, 0.15) is 5.56 Å². The Morgan fingerprint density at radius 2 is 1.89 bits per heavy atom. The number of nitrogens with zero attached hydrogens (tertiary/aromatic N) is 4. The van der Waals surface area contributed by atoms with Gasteiger partial charge < -0.3 is 9.30 Å². The third-order valence-corrected chi connectivity index (χ3v) is 4.49. The van der Waals surface area contributed by atoms with Crippen LogP contribution in [0.3, 0.4) is 0 Å². The highest BCUT2D eigenvalue weighted by Gasteiger charge is 2.29. The Kier molecular flexibility index (Phi) is 3.82. The average Bonchev–Trinajstić information content (AvgIpc) is 3.19. The molecule has 0 spiro atoms. The van der Waals surface area contributed by atoms with Crippen LogP contribution >= 0.6 is 0 Å². The molecule has 3 heterocycles. The number of anilines is 1. The number of nitriles is 1. The lowest BCUT2D eigenvalue weighted by Gasteiger charge is -2.13. The highest BCUT2D eigenvalue weighted by molar-refractivity contribution is 6.27. The number of benzene rings is 1. The van der Waals surface area contributed by atoms with Gasteiger partial charge in [-0.2, -0.15) is 5.26 Å². The predicted octanol–water partition coefficient (Wildman–Crippen LogP) is 1.24. The molecule has 28 heavy (non-hydrogen) atoms. The Balaban J connectivity index is 2.01. The molecule has 9 nitrogen and oxygen atoms in total. The van der Waals surface area contributed by atoms with Gasteiger partial charge in [-0.25, -0.2) is 9.88 Å². The van der Waals surface area contributed by atoms with Gasteiger partial charge in [0.25, 0.3) is 17.4 Å². The van der Waals surface area contributed by atoms with E-state index in [0.29, 0.717) is 16.7 Å². The van der Waals surface area contributed by atoms with E-state index >= 15 is 0 Å². The van der Waals surface area contributed by atoms with E-state index in [0.717, 1.165) is 22.6 Å². The number of aryl methyl sites for hydroxylation is 1. The fourth-order valence-electron chi connectivity index (χ4n) is 3.16. The second kappa shape index (κ2) is 6.21. The Morgan fingerprint density at radius 1 is 1.18 bits per heavy atom. The van der Waals surface area contributed by atoms with Crippen molar-refractivity contribution in [1.82, 2.24) is 14.5 Å². The molecule has 4 rings (SSSR count). The van der Waals surface area contributed by atoms with Crippen molar-refractivity contribution in [2.75, 3.05) is 12.0 Å². The number of nitrogens with one attached hydrogen (secondary N) is 1. The topological polar surface area (TPSA) is 121 Å². The summed E-state index contributed by atoms with van der Waals surface area (Å²) >= 11 is 0. The Hall–Kier alpha value is -4.19. The smallest absolute Gasteiger partial charge is 0.270 e. The number of ether oxygens (including phenoxy) is 1. The summed E-state index contributed by atoms with van der Waals surface area (Å²) in [5.41, 5.74) is 0.458. The number of amides is 2. The minimum atomic E-state index is -0.741. The maximum absolute atomic E-state index is 12.5. The molecule has 1 aromatic carbocycles. The molecule has 9 heteroatoms. The maximum atomic E-state index is 12.5. The van der Waals surface area contributed by atoms with Crippen molar-refractivity contribution >= 4 is 28.7 Å². The largest absolute Gasteiger partial charge is 0.497 e. The number of methoxy groups -OCH3 is 1. The first-order chi connectivity index (χ1) is 13.4. The van der Waals surface area contributed by atoms with Crippen LogP contribution in [0.5, 0.6) is 5.75 Å². The third-order valence-electron chi connectivity index (χ3n) is 4.49. The van der Waals surface area contributed by atoms with Gasteiger partial charge in [0.15, 0.2) is 0 Å². The number of hydrogen-bond acceptors (Lipinski definition) is 6. The lowest BCUT2D eigenvalue weighted by molar-refractivity contribution is -0.120. The summed E-state index contributed by atoms with van der Waals surface area (Å²) < 4.78 is 7.09. The highest BCUT2D eigenvalue weighted by atomic mass is 16.5. The fraction of sp³-hybridized carbons (Fsp3) is 0.105. The van der Waals surface area contributed by atoms with E-state index in [2.05, 4.69) is 9.97 Å². The van der Waals surface area contributed by atoms with Crippen LogP contribution in [-0.4, -0.2) is 33.5 Å². The van der Waals surface area contributed by atoms with Gasteiger partial charge in [0.2, 0.25) is 5.95 Å². The van der Waals surface area contributed by atoms with Gasteiger partial charge in [0.05, 0.1) is 12.8 Å². The van der Waals surface area contributed by atoms with Crippen molar-refractivity contribution < 1.29 is 14.3 Å². The van der Waals surface area contributed by atoms with Crippen molar-refractivity contribution in [2.24, 2.45) is 7.05 Å². The standard InChI is InChI=1S/C19H13N5O4/c1-23-9-13(11-7-10(28-2)3-4-14(11)23)17-12(8-20)18(27)22-19(21-17)24-15(25)5-6-16(24)26/h3-7,9H,1-2H3,(H,21,22,27). The molecule has 2 amide bonds. The van der Waals surface area contributed by atoms with Gasteiger partial charge >= 0.3 is 0 Å². The molecule has 0 radical (unpaired) electrons. The molecule has 0 bridgehead atoms. The second-order valence-corrected chi connectivity index (χ2v) is 6.11. The van der Waals surface area contributed by atoms with E-state index in [9.17, 15) is 19.6 Å². The molecule has 1 aliphatic rings. The Morgan fingerprint density at radius 3 is 2.54 bits per heavy atom. The summed E-state index contributed by atoms with van der Waals surface area (Å²) in [4.78, 5) is 43.8. The number of fused-ring (bicyclic) bond motifs is 1. The summed E-state index contributed by atoms with van der Waals surface area (Å²) in [6.45, 7) is 0. The first-order valence-electron chi connectivity index (χ1n) is 8.18. The number of carbonyl (C=O) groups excluding carboxylic acids is 2. The third kappa shape index (κ3) is 2.47. The SMILES string of the molecule is COc1ccc2c(c1)c(-c1nc(N3C(=O)C=CC3=O)[nH]c(=O)c1C#N)cn2C. The molecular formula is C19H13N5O4. The summed E-state index contributed by atoms with van der Waals surface area (Å²) in [5, 5.41) is 10.2. The predicted molar refractivity (Wildman–Crippen MR) is 99.7 cm³/mol. The Bertz CT molecular complexity index is 1270. The Labute approximate surface area is 158 Å². The molecule has 138 valence electrons. The molecule has 1 N–H and O–H groups in total. The number of aromatic nitrogens is 3. The number of aromatic amines is 1. The van der Waals surface area contributed by atoms with E-state index in [-0.39, 0.29) is 17.2 Å². The first-order valence-corrected chi connectivity index (χ1v) is 8.18. The van der Waals surface area contributed by atoms with E-state index in [4.69, 9.17) is 4.74 Å². The van der Waals surface area contributed by atoms with E-state index < -0.39 is 17.4 Å². The fourth-order valence-corrected chi connectivity index (χ4v) is 3.16. The van der Waals surface area contributed by atoms with Crippen molar-refractivity contribution in [1.29, 1.82) is 5.26 Å². The van der Waals surface area contributed by atoms with Gasteiger partial charge in [-0.1, -0.05) is 0 Å². The van der Waals surface area contributed by atoms with Crippen LogP contribution in [0.2, 0.25) is 0 Å². The minimum Gasteiger partial charge on any atom is -0.497 e. The van der Waals surface area contributed by atoms with Crippen LogP contribution in [-0.2, 0) is 16.6 Å². The zero-order valence-corrected chi connectivity index (χ0v) is 14.9. The molecule has 0 atom stereocenters. The zero-order valence-electron chi connectivity index (χ0n) is 14.9. The van der Waals surface area contributed by atoms with Gasteiger partial charge in [0.1, 0.15) is 17.4 Å². The number of hydrogen-bond donors (Lipinski definition) is 1. The molecule has 0 fully saturated rings. The summed E-state index contributed by atoms with van der Waals surface area (Å²) in [6, 6.07) is 7.26. The molecule has 0 saturated carbocycles. The first kappa shape index (κ1) is 17.2. The lowest BCUT2D eigenvalue weighted by Crippen LogP contribution is -2.33. The van der Waals surface area contributed by atoms with Gasteiger partial charge in [0, 0.05) is 41.9 Å². The van der Waals surface area contributed by atoms with Crippen molar-refractivity contribution in [3.05, 3.63) is 52.5 Å². The number of imide groups is 1.